The van der Waals surface area contributed by atoms with Gasteiger partial charge in [-0.3, -0.25) is 4.79 Å². The summed E-state index contributed by atoms with van der Waals surface area (Å²) < 4.78 is 0. The lowest BCUT2D eigenvalue weighted by Crippen LogP contribution is -2.40. The van der Waals surface area contributed by atoms with E-state index in [2.05, 4.69) is 24.2 Å². The molecule has 2 aliphatic rings. The number of amides is 1. The van der Waals surface area contributed by atoms with E-state index in [1.165, 1.54) is 5.56 Å². The molecule has 5 heteroatoms. The van der Waals surface area contributed by atoms with Crippen LogP contribution in [0.3, 0.4) is 0 Å². The molecule has 0 unspecified atom stereocenters. The molecule has 1 aliphatic carbocycles. The smallest absolute Gasteiger partial charge is 0.226 e. The normalized spacial score (nSPS) is 19.1. The molecule has 1 fully saturated rings. The molecule has 0 aromatic heterocycles. The van der Waals surface area contributed by atoms with Gasteiger partial charge in [0.15, 0.2) is 6.10 Å². The van der Waals surface area contributed by atoms with E-state index < -0.39 is 0 Å². The number of carbonyl (C=O) groups is 1. The van der Waals surface area contributed by atoms with Crippen molar-refractivity contribution in [1.29, 1.82) is 0 Å². The highest BCUT2D eigenvalue weighted by molar-refractivity contribution is 6.30. The van der Waals surface area contributed by atoms with Crippen molar-refractivity contribution in [3.8, 4) is 0 Å². The predicted molar refractivity (Wildman–Crippen MR) is 116 cm³/mol. The molecular formula is C24H27ClN2O2. The second-order valence-corrected chi connectivity index (χ2v) is 8.55. The van der Waals surface area contributed by atoms with Crippen LogP contribution in [0.25, 0.3) is 0 Å². The molecule has 1 amide bonds. The maximum Gasteiger partial charge on any atom is 0.226 e. The van der Waals surface area contributed by atoms with Crippen LogP contribution in [0.1, 0.15) is 48.8 Å². The van der Waals surface area contributed by atoms with E-state index in [1.54, 1.807) is 0 Å². The summed E-state index contributed by atoms with van der Waals surface area (Å²) in [6.45, 7) is 3.18. The van der Waals surface area contributed by atoms with Gasteiger partial charge in [0.2, 0.25) is 5.91 Å². The van der Waals surface area contributed by atoms with E-state index in [0.717, 1.165) is 48.9 Å². The molecule has 29 heavy (non-hydrogen) atoms. The van der Waals surface area contributed by atoms with Gasteiger partial charge in [-0.15, -0.1) is 0 Å². The third-order valence-corrected chi connectivity index (χ3v) is 6.13. The van der Waals surface area contributed by atoms with Gasteiger partial charge in [0.05, 0.1) is 12.3 Å². The van der Waals surface area contributed by atoms with Crippen LogP contribution >= 0.6 is 11.6 Å². The topological polar surface area (TPSA) is 41.9 Å². The second-order valence-electron chi connectivity index (χ2n) is 8.11. The van der Waals surface area contributed by atoms with Gasteiger partial charge in [-0.2, -0.15) is 0 Å². The summed E-state index contributed by atoms with van der Waals surface area (Å²) in [7, 11) is 0. The van der Waals surface area contributed by atoms with Crippen LogP contribution in [0.5, 0.6) is 0 Å². The highest BCUT2D eigenvalue weighted by Crippen LogP contribution is 2.28. The first kappa shape index (κ1) is 20.0. The van der Waals surface area contributed by atoms with Crippen molar-refractivity contribution in [1.82, 2.24) is 4.90 Å². The summed E-state index contributed by atoms with van der Waals surface area (Å²) in [6.07, 6.45) is 4.86. The summed E-state index contributed by atoms with van der Waals surface area (Å²) in [4.78, 5) is 20.9. The zero-order valence-corrected chi connectivity index (χ0v) is 17.6. The molecule has 1 saturated carbocycles. The Hall–Kier alpha value is -2.33. The Kier molecular flexibility index (Phi) is 6.19. The third-order valence-electron chi connectivity index (χ3n) is 5.89. The van der Waals surface area contributed by atoms with Gasteiger partial charge < -0.3 is 9.74 Å². The van der Waals surface area contributed by atoms with E-state index in [9.17, 15) is 4.79 Å². The maximum absolute atomic E-state index is 13.2. The molecule has 2 aromatic carbocycles. The van der Waals surface area contributed by atoms with E-state index in [-0.39, 0.29) is 17.9 Å². The molecular weight excluding hydrogens is 384 g/mol. The van der Waals surface area contributed by atoms with Crippen LogP contribution in [-0.2, 0) is 16.2 Å². The minimum absolute atomic E-state index is 0.117. The van der Waals surface area contributed by atoms with E-state index in [4.69, 9.17) is 16.4 Å². The van der Waals surface area contributed by atoms with Gasteiger partial charge in [0, 0.05) is 29.5 Å². The van der Waals surface area contributed by atoms with Crippen molar-refractivity contribution in [3.63, 3.8) is 0 Å². The minimum Gasteiger partial charge on any atom is -0.390 e. The molecule has 0 N–H and O–H groups in total. The summed E-state index contributed by atoms with van der Waals surface area (Å²) >= 11 is 6.16. The number of rotatable bonds is 6. The van der Waals surface area contributed by atoms with Crippen molar-refractivity contribution in [2.24, 2.45) is 11.1 Å². The Balaban J connectivity index is 1.47. The molecule has 2 aromatic rings. The standard InChI is InChI=1S/C24H27ClN2O2/c1-17-7-2-5-12-22(17)23-14-21(29-26-23)16-27(24(28)19-9-3-4-10-19)15-18-8-6-11-20(25)13-18/h2,5-8,11-13,19,21H,3-4,9-10,14-16H2,1H3/t21-/m0/s1. The van der Waals surface area contributed by atoms with E-state index >= 15 is 0 Å². The van der Waals surface area contributed by atoms with Crippen molar-refractivity contribution in [2.45, 2.75) is 51.7 Å². The minimum atomic E-state index is -0.117. The van der Waals surface area contributed by atoms with Gasteiger partial charge >= 0.3 is 0 Å². The highest BCUT2D eigenvalue weighted by Gasteiger charge is 2.31. The molecule has 0 saturated heterocycles. The van der Waals surface area contributed by atoms with Crippen LogP contribution in [-0.4, -0.2) is 29.2 Å². The first-order valence-corrected chi connectivity index (χ1v) is 10.8. The zero-order valence-electron chi connectivity index (χ0n) is 16.8. The fraction of sp³-hybridized carbons (Fsp3) is 0.417. The van der Waals surface area contributed by atoms with Crippen molar-refractivity contribution in [3.05, 3.63) is 70.2 Å². The van der Waals surface area contributed by atoms with Gasteiger partial charge in [-0.05, 0) is 43.0 Å². The molecule has 1 heterocycles. The van der Waals surface area contributed by atoms with Gasteiger partial charge in [-0.1, -0.05) is 66.0 Å². The zero-order chi connectivity index (χ0) is 20.2. The van der Waals surface area contributed by atoms with Gasteiger partial charge in [-0.25, -0.2) is 0 Å². The summed E-state index contributed by atoms with van der Waals surface area (Å²) in [5, 5.41) is 5.03. The Bertz CT molecular complexity index is 905. The monoisotopic (exact) mass is 410 g/mol. The summed E-state index contributed by atoms with van der Waals surface area (Å²) in [5.41, 5.74) is 4.32. The van der Waals surface area contributed by atoms with Crippen LogP contribution in [0.4, 0.5) is 0 Å². The maximum atomic E-state index is 13.2. The Labute approximate surface area is 177 Å². The number of halogens is 1. The average Bonchev–Trinajstić information content (AvgIpc) is 3.40. The fourth-order valence-electron chi connectivity index (χ4n) is 4.35. The first-order valence-electron chi connectivity index (χ1n) is 10.4. The Morgan fingerprint density at radius 1 is 1.17 bits per heavy atom. The Morgan fingerprint density at radius 2 is 1.97 bits per heavy atom. The number of aryl methyl sites for hydroxylation is 1. The van der Waals surface area contributed by atoms with Gasteiger partial charge in [0.25, 0.3) is 0 Å². The first-order chi connectivity index (χ1) is 14.1. The molecule has 152 valence electrons. The van der Waals surface area contributed by atoms with Crippen LogP contribution < -0.4 is 0 Å². The summed E-state index contributed by atoms with van der Waals surface area (Å²) in [5.74, 6) is 0.364. The quantitative estimate of drug-likeness (QED) is 0.643. The average molecular weight is 411 g/mol. The number of carbonyl (C=O) groups excluding carboxylic acids is 1. The largest absolute Gasteiger partial charge is 0.390 e. The second kappa shape index (κ2) is 9.00. The van der Waals surface area contributed by atoms with Crippen molar-refractivity contribution in [2.75, 3.05) is 6.54 Å². The predicted octanol–water partition coefficient (Wildman–Crippen LogP) is 5.36. The van der Waals surface area contributed by atoms with Crippen molar-refractivity contribution >= 4 is 23.2 Å². The van der Waals surface area contributed by atoms with E-state index in [0.29, 0.717) is 18.1 Å². The van der Waals surface area contributed by atoms with Crippen LogP contribution in [0.2, 0.25) is 5.02 Å². The van der Waals surface area contributed by atoms with Crippen LogP contribution in [0, 0.1) is 12.8 Å². The molecule has 4 rings (SSSR count). The van der Waals surface area contributed by atoms with E-state index in [1.807, 2.05) is 41.3 Å². The molecule has 0 radical (unpaired) electrons. The van der Waals surface area contributed by atoms with Crippen molar-refractivity contribution < 1.29 is 9.63 Å². The SMILES string of the molecule is Cc1ccccc1C1=NO[C@H](CN(Cc2cccc(Cl)c2)C(=O)C2CCCC2)C1. The Morgan fingerprint density at radius 3 is 2.72 bits per heavy atom. The number of oxime groups is 1. The lowest BCUT2D eigenvalue weighted by molar-refractivity contribution is -0.137. The lowest BCUT2D eigenvalue weighted by Gasteiger charge is -2.27. The van der Waals surface area contributed by atoms with Crippen LogP contribution in [0.15, 0.2) is 53.7 Å². The third kappa shape index (κ3) is 4.81. The van der Waals surface area contributed by atoms with Gasteiger partial charge in [0.1, 0.15) is 0 Å². The molecule has 4 nitrogen and oxygen atoms in total. The lowest BCUT2D eigenvalue weighted by atomic mass is 9.99. The number of benzene rings is 2. The molecule has 0 spiro atoms. The summed E-state index contributed by atoms with van der Waals surface area (Å²) in [6, 6.07) is 15.9. The molecule has 0 bridgehead atoms. The number of nitrogens with zero attached hydrogens (tertiary/aromatic N) is 2. The highest BCUT2D eigenvalue weighted by atomic mass is 35.5. The molecule has 1 aliphatic heterocycles. The number of hydrogen-bond acceptors (Lipinski definition) is 3. The number of hydrogen-bond donors (Lipinski definition) is 0. The fourth-order valence-corrected chi connectivity index (χ4v) is 4.56. The molecule has 1 atom stereocenters.